The molecule has 4 nitrogen and oxygen atoms in total. The van der Waals surface area contributed by atoms with Crippen molar-refractivity contribution < 1.29 is 9.90 Å². The summed E-state index contributed by atoms with van der Waals surface area (Å²) in [5, 5.41) is 9.83. The van der Waals surface area contributed by atoms with Gasteiger partial charge in [0.05, 0.1) is 5.60 Å². The molecule has 0 aromatic heterocycles. The highest BCUT2D eigenvalue weighted by atomic mass is 16.3. The third-order valence-corrected chi connectivity index (χ3v) is 4.38. The molecule has 1 N–H and O–H groups in total. The average Bonchev–Trinajstić information content (AvgIpc) is 2.94. The summed E-state index contributed by atoms with van der Waals surface area (Å²) in [5.74, 6) is 0.120. The molecule has 4 heteroatoms. The van der Waals surface area contributed by atoms with Gasteiger partial charge in [0, 0.05) is 24.7 Å². The molecule has 2 rings (SSSR count). The lowest BCUT2D eigenvalue weighted by molar-refractivity contribution is 0.0714. The van der Waals surface area contributed by atoms with E-state index in [1.807, 2.05) is 43.0 Å². The highest BCUT2D eigenvalue weighted by Gasteiger charge is 2.28. The van der Waals surface area contributed by atoms with Crippen LogP contribution in [0.5, 0.6) is 0 Å². The van der Waals surface area contributed by atoms with Crippen molar-refractivity contribution in [2.45, 2.75) is 44.8 Å². The molecular formula is C18H28N2O2. The summed E-state index contributed by atoms with van der Waals surface area (Å²) in [6, 6.07) is 8.28. The van der Waals surface area contributed by atoms with Crippen LogP contribution in [0.3, 0.4) is 0 Å². The quantitative estimate of drug-likeness (QED) is 0.906. The number of nitrogens with zero attached hydrogens (tertiary/aromatic N) is 2. The maximum atomic E-state index is 12.6. The molecule has 0 spiro atoms. The van der Waals surface area contributed by atoms with Crippen LogP contribution in [0.2, 0.25) is 0 Å². The second-order valence-corrected chi connectivity index (χ2v) is 7.17. The molecule has 1 aromatic carbocycles. The third kappa shape index (κ3) is 4.55. The van der Waals surface area contributed by atoms with E-state index in [2.05, 4.69) is 19.0 Å². The Morgan fingerprint density at radius 2 is 2.14 bits per heavy atom. The van der Waals surface area contributed by atoms with E-state index in [0.29, 0.717) is 12.5 Å². The van der Waals surface area contributed by atoms with Crippen molar-refractivity contribution in [2.75, 3.05) is 27.2 Å². The van der Waals surface area contributed by atoms with Crippen LogP contribution in [-0.2, 0) is 6.42 Å². The zero-order valence-corrected chi connectivity index (χ0v) is 14.2. The number of aryl methyl sites for hydroxylation is 1. The molecule has 1 aliphatic heterocycles. The van der Waals surface area contributed by atoms with Gasteiger partial charge < -0.3 is 14.9 Å². The van der Waals surface area contributed by atoms with Crippen LogP contribution >= 0.6 is 0 Å². The lowest BCUT2D eigenvalue weighted by Crippen LogP contribution is -2.34. The molecule has 0 bridgehead atoms. The molecule has 0 saturated carbocycles. The minimum atomic E-state index is -0.673. The summed E-state index contributed by atoms with van der Waals surface area (Å²) in [4.78, 5) is 16.8. The summed E-state index contributed by atoms with van der Waals surface area (Å²) >= 11 is 0. The lowest BCUT2D eigenvalue weighted by Gasteiger charge is -2.21. The normalized spacial score (nSPS) is 19.0. The number of amides is 1. The number of aliphatic hydroxyl groups is 1. The van der Waals surface area contributed by atoms with E-state index in [9.17, 15) is 9.90 Å². The molecule has 1 saturated heterocycles. The minimum absolute atomic E-state index is 0.120. The molecule has 22 heavy (non-hydrogen) atoms. The van der Waals surface area contributed by atoms with E-state index < -0.39 is 5.60 Å². The Bertz CT molecular complexity index is 520. The predicted molar refractivity (Wildman–Crippen MR) is 89.1 cm³/mol. The SMILES string of the molecule is CN(C)[C@H]1CCN(C(=O)c2cccc(CCC(C)(C)O)c2)C1. The molecule has 0 unspecified atom stereocenters. The minimum Gasteiger partial charge on any atom is -0.390 e. The number of carbonyl (C=O) groups is 1. The van der Waals surface area contributed by atoms with Crippen molar-refractivity contribution in [3.8, 4) is 0 Å². The van der Waals surface area contributed by atoms with Crippen LogP contribution in [0.1, 0.15) is 42.6 Å². The molecule has 1 fully saturated rings. The maximum Gasteiger partial charge on any atom is 0.253 e. The van der Waals surface area contributed by atoms with E-state index in [-0.39, 0.29) is 5.91 Å². The fourth-order valence-corrected chi connectivity index (χ4v) is 2.84. The Kier molecular flexibility index (Phi) is 5.24. The first-order chi connectivity index (χ1) is 10.3. The predicted octanol–water partition coefficient (Wildman–Crippen LogP) is 2.17. The number of likely N-dealkylation sites (N-methyl/N-ethyl adjacent to an activating group) is 1. The van der Waals surface area contributed by atoms with Crippen molar-refractivity contribution in [3.05, 3.63) is 35.4 Å². The van der Waals surface area contributed by atoms with Crippen molar-refractivity contribution in [1.29, 1.82) is 0 Å². The van der Waals surface area contributed by atoms with Crippen molar-refractivity contribution in [2.24, 2.45) is 0 Å². The Balaban J connectivity index is 2.02. The standard InChI is InChI=1S/C18H28N2O2/c1-18(2,22)10-8-14-6-5-7-15(12-14)17(21)20-11-9-16(13-20)19(3)4/h5-7,12,16,22H,8-11,13H2,1-4H3/t16-/m0/s1. The fourth-order valence-electron chi connectivity index (χ4n) is 2.84. The second-order valence-electron chi connectivity index (χ2n) is 7.17. The van der Waals surface area contributed by atoms with Crippen LogP contribution in [0.25, 0.3) is 0 Å². The van der Waals surface area contributed by atoms with Gasteiger partial charge in [0.1, 0.15) is 0 Å². The van der Waals surface area contributed by atoms with E-state index in [1.165, 1.54) is 0 Å². The second kappa shape index (κ2) is 6.80. The van der Waals surface area contributed by atoms with Gasteiger partial charge in [-0.05, 0) is 64.9 Å². The van der Waals surface area contributed by atoms with Crippen molar-refractivity contribution >= 4 is 5.91 Å². The zero-order valence-electron chi connectivity index (χ0n) is 14.2. The average molecular weight is 304 g/mol. The van der Waals surface area contributed by atoms with Gasteiger partial charge in [-0.2, -0.15) is 0 Å². The number of hydrogen-bond acceptors (Lipinski definition) is 3. The van der Waals surface area contributed by atoms with Gasteiger partial charge in [0.2, 0.25) is 0 Å². The highest BCUT2D eigenvalue weighted by Crippen LogP contribution is 2.19. The highest BCUT2D eigenvalue weighted by molar-refractivity contribution is 5.94. The molecule has 1 aromatic rings. The van der Waals surface area contributed by atoms with Crippen LogP contribution in [0, 0.1) is 0 Å². The molecule has 1 heterocycles. The van der Waals surface area contributed by atoms with Gasteiger partial charge in [-0.3, -0.25) is 4.79 Å². The summed E-state index contributed by atoms with van der Waals surface area (Å²) in [5.41, 5.74) is 1.19. The molecule has 1 aliphatic rings. The fraction of sp³-hybridized carbons (Fsp3) is 0.611. The van der Waals surface area contributed by atoms with Gasteiger partial charge >= 0.3 is 0 Å². The Hall–Kier alpha value is -1.39. The Morgan fingerprint density at radius 3 is 2.73 bits per heavy atom. The first-order valence-electron chi connectivity index (χ1n) is 8.03. The third-order valence-electron chi connectivity index (χ3n) is 4.38. The van der Waals surface area contributed by atoms with Crippen LogP contribution in [0.4, 0.5) is 0 Å². The van der Waals surface area contributed by atoms with Gasteiger partial charge in [-0.1, -0.05) is 12.1 Å². The summed E-state index contributed by atoms with van der Waals surface area (Å²) in [6.45, 7) is 5.26. The number of rotatable bonds is 5. The molecule has 0 radical (unpaired) electrons. The molecule has 122 valence electrons. The molecule has 0 aliphatic carbocycles. The first-order valence-corrected chi connectivity index (χ1v) is 8.03. The first kappa shape index (κ1) is 17.0. The van der Waals surface area contributed by atoms with E-state index in [0.717, 1.165) is 37.1 Å². The number of carbonyl (C=O) groups excluding carboxylic acids is 1. The summed E-state index contributed by atoms with van der Waals surface area (Å²) < 4.78 is 0. The van der Waals surface area contributed by atoms with Crippen molar-refractivity contribution in [3.63, 3.8) is 0 Å². The van der Waals surface area contributed by atoms with Gasteiger partial charge in [-0.15, -0.1) is 0 Å². The smallest absolute Gasteiger partial charge is 0.253 e. The van der Waals surface area contributed by atoms with Crippen LogP contribution < -0.4 is 0 Å². The lowest BCUT2D eigenvalue weighted by atomic mass is 9.98. The van der Waals surface area contributed by atoms with Gasteiger partial charge in [0.15, 0.2) is 0 Å². The number of hydrogen-bond donors (Lipinski definition) is 1. The topological polar surface area (TPSA) is 43.8 Å². The van der Waals surface area contributed by atoms with Gasteiger partial charge in [0.25, 0.3) is 5.91 Å². The molecular weight excluding hydrogens is 276 g/mol. The number of likely N-dealkylation sites (tertiary alicyclic amines) is 1. The Morgan fingerprint density at radius 1 is 1.41 bits per heavy atom. The maximum absolute atomic E-state index is 12.6. The Labute approximate surface area is 133 Å². The zero-order chi connectivity index (χ0) is 16.3. The summed E-state index contributed by atoms with van der Waals surface area (Å²) in [7, 11) is 4.13. The van der Waals surface area contributed by atoms with Gasteiger partial charge in [-0.25, -0.2) is 0 Å². The molecule has 1 amide bonds. The summed E-state index contributed by atoms with van der Waals surface area (Å²) in [6.07, 6.45) is 2.51. The van der Waals surface area contributed by atoms with E-state index >= 15 is 0 Å². The largest absolute Gasteiger partial charge is 0.390 e. The molecule has 1 atom stereocenters. The monoisotopic (exact) mass is 304 g/mol. The van der Waals surface area contributed by atoms with Crippen molar-refractivity contribution in [1.82, 2.24) is 9.80 Å². The van der Waals surface area contributed by atoms with E-state index in [1.54, 1.807) is 0 Å². The van der Waals surface area contributed by atoms with Crippen LogP contribution in [0.15, 0.2) is 24.3 Å². The number of benzene rings is 1. The van der Waals surface area contributed by atoms with Crippen LogP contribution in [-0.4, -0.2) is 59.6 Å². The van der Waals surface area contributed by atoms with E-state index in [4.69, 9.17) is 0 Å².